The van der Waals surface area contributed by atoms with Crippen molar-refractivity contribution < 1.29 is 24.2 Å². The van der Waals surface area contributed by atoms with Crippen molar-refractivity contribution in [1.82, 2.24) is 10.6 Å². The number of nitrogens with zero attached hydrogens (tertiary/aromatic N) is 2. The van der Waals surface area contributed by atoms with Gasteiger partial charge in [-0.1, -0.05) is 42.1 Å². The Morgan fingerprint density at radius 3 is 2.59 bits per heavy atom. The van der Waals surface area contributed by atoms with Crippen LogP contribution < -0.4 is 15.4 Å². The molecule has 2 atom stereocenters. The fourth-order valence-corrected chi connectivity index (χ4v) is 3.82. The molecule has 0 aromatic heterocycles. The Kier molecular flexibility index (Phi) is 7.98. The molecule has 1 aliphatic heterocycles. The van der Waals surface area contributed by atoms with Gasteiger partial charge in [0.25, 0.3) is 0 Å². The summed E-state index contributed by atoms with van der Waals surface area (Å²) in [5.74, 6) is -1.31. The molecule has 0 bridgehead atoms. The number of hydrogen-bond donors (Lipinski definition) is 3. The van der Waals surface area contributed by atoms with Gasteiger partial charge in [0, 0.05) is 12.8 Å². The SMILES string of the molecule is COc1ccc(/C=N\N=C2NC(=O)[C@H](CC(=O)N[C@@H](Cc3ccccc3)C(=O)O)S2)cc1. The molecule has 2 aromatic rings. The number of benzene rings is 2. The summed E-state index contributed by atoms with van der Waals surface area (Å²) in [6.07, 6.45) is 1.51. The largest absolute Gasteiger partial charge is 0.497 e. The number of amidine groups is 1. The summed E-state index contributed by atoms with van der Waals surface area (Å²) in [5.41, 5.74) is 1.59. The Morgan fingerprint density at radius 1 is 1.22 bits per heavy atom. The zero-order valence-electron chi connectivity index (χ0n) is 17.2. The molecular weight excluding hydrogens is 432 g/mol. The number of methoxy groups -OCH3 is 1. The molecule has 2 aromatic carbocycles. The lowest BCUT2D eigenvalue weighted by Crippen LogP contribution is -2.43. The molecule has 1 aliphatic rings. The highest BCUT2D eigenvalue weighted by Crippen LogP contribution is 2.22. The fraction of sp³-hybridized carbons (Fsp3) is 0.227. The highest BCUT2D eigenvalue weighted by molar-refractivity contribution is 8.15. The predicted octanol–water partition coefficient (Wildman–Crippen LogP) is 1.82. The Morgan fingerprint density at radius 2 is 1.94 bits per heavy atom. The predicted molar refractivity (Wildman–Crippen MR) is 122 cm³/mol. The lowest BCUT2D eigenvalue weighted by atomic mass is 10.1. The molecular formula is C22H22N4O5S. The normalized spacial score (nSPS) is 17.8. The summed E-state index contributed by atoms with van der Waals surface area (Å²) in [4.78, 5) is 36.0. The molecule has 1 fully saturated rings. The van der Waals surface area contributed by atoms with Gasteiger partial charge >= 0.3 is 5.97 Å². The molecule has 10 heteroatoms. The summed E-state index contributed by atoms with van der Waals surface area (Å²) in [5, 5.41) is 22.0. The second-order valence-electron chi connectivity index (χ2n) is 6.87. The standard InChI is InChI=1S/C22H22N4O5S/c1-31-16-9-7-15(8-10-16)13-23-26-22-25-20(28)18(32-22)12-19(27)24-17(21(29)30)11-14-5-3-2-4-6-14/h2-10,13,17-18H,11-12H2,1H3,(H,24,27)(H,29,30)(H,25,26,28)/b23-13-/t17-,18-/m0/s1. The minimum absolute atomic E-state index is 0.151. The Hall–Kier alpha value is -3.66. The number of aliphatic carboxylic acids is 1. The Bertz CT molecular complexity index is 1020. The number of carboxylic acids is 1. The van der Waals surface area contributed by atoms with Crippen LogP contribution in [0.15, 0.2) is 64.8 Å². The van der Waals surface area contributed by atoms with Crippen LogP contribution in [0, 0.1) is 0 Å². The first kappa shape index (κ1) is 23.0. The van der Waals surface area contributed by atoms with Crippen molar-refractivity contribution in [2.24, 2.45) is 10.2 Å². The fourth-order valence-electron chi connectivity index (χ4n) is 2.90. The van der Waals surface area contributed by atoms with E-state index >= 15 is 0 Å². The summed E-state index contributed by atoms with van der Waals surface area (Å²) >= 11 is 1.08. The van der Waals surface area contributed by atoms with Crippen LogP contribution in [0.1, 0.15) is 17.5 Å². The van der Waals surface area contributed by atoms with Crippen LogP contribution in [0.2, 0.25) is 0 Å². The van der Waals surface area contributed by atoms with E-state index in [2.05, 4.69) is 20.8 Å². The van der Waals surface area contributed by atoms with E-state index in [-0.39, 0.29) is 23.9 Å². The van der Waals surface area contributed by atoms with Gasteiger partial charge < -0.3 is 20.5 Å². The first-order chi connectivity index (χ1) is 15.4. The molecule has 0 spiro atoms. The van der Waals surface area contributed by atoms with Crippen LogP contribution in [0.5, 0.6) is 5.75 Å². The molecule has 0 aliphatic carbocycles. The lowest BCUT2D eigenvalue weighted by Gasteiger charge is -2.15. The number of amides is 2. The van der Waals surface area contributed by atoms with Gasteiger partial charge in [-0.2, -0.15) is 5.10 Å². The van der Waals surface area contributed by atoms with Gasteiger partial charge in [-0.25, -0.2) is 4.79 Å². The van der Waals surface area contributed by atoms with Gasteiger partial charge in [-0.3, -0.25) is 9.59 Å². The number of ether oxygens (including phenoxy) is 1. The molecule has 3 rings (SSSR count). The van der Waals surface area contributed by atoms with Gasteiger partial charge in [0.15, 0.2) is 5.17 Å². The summed E-state index contributed by atoms with van der Waals surface area (Å²) in [6.45, 7) is 0. The quantitative estimate of drug-likeness (QED) is 0.392. The van der Waals surface area contributed by atoms with E-state index in [1.165, 1.54) is 6.21 Å². The maximum atomic E-state index is 12.4. The topological polar surface area (TPSA) is 129 Å². The van der Waals surface area contributed by atoms with Gasteiger partial charge in [-0.05, 0) is 35.4 Å². The first-order valence-electron chi connectivity index (χ1n) is 9.73. The third-order valence-corrected chi connectivity index (χ3v) is 5.61. The third-order valence-electron chi connectivity index (χ3n) is 4.53. The summed E-state index contributed by atoms with van der Waals surface area (Å²) in [6, 6.07) is 15.1. The number of rotatable bonds is 9. The third kappa shape index (κ3) is 6.67. The maximum Gasteiger partial charge on any atom is 0.326 e. The Balaban J connectivity index is 1.53. The number of nitrogens with one attached hydrogen (secondary N) is 2. The van der Waals surface area contributed by atoms with Crippen molar-refractivity contribution in [2.45, 2.75) is 24.1 Å². The highest BCUT2D eigenvalue weighted by atomic mass is 32.2. The summed E-state index contributed by atoms with van der Waals surface area (Å²) < 4.78 is 5.09. The van der Waals surface area contributed by atoms with Crippen molar-refractivity contribution in [3.05, 3.63) is 65.7 Å². The number of carbonyl (C=O) groups is 3. The van der Waals surface area contributed by atoms with Crippen molar-refractivity contribution >= 4 is 40.9 Å². The molecule has 0 saturated carbocycles. The number of carbonyl (C=O) groups excluding carboxylic acids is 2. The van der Waals surface area contributed by atoms with Gasteiger partial charge in [0.2, 0.25) is 11.8 Å². The van der Waals surface area contributed by atoms with E-state index in [1.54, 1.807) is 43.5 Å². The zero-order valence-corrected chi connectivity index (χ0v) is 18.0. The van der Waals surface area contributed by atoms with Crippen molar-refractivity contribution in [2.75, 3.05) is 7.11 Å². The van der Waals surface area contributed by atoms with E-state index in [4.69, 9.17) is 4.74 Å². The average Bonchev–Trinajstić information content (AvgIpc) is 3.13. The minimum atomic E-state index is -1.14. The highest BCUT2D eigenvalue weighted by Gasteiger charge is 2.33. The number of thioether (sulfide) groups is 1. The number of hydrogen-bond acceptors (Lipinski definition) is 7. The van der Waals surface area contributed by atoms with Crippen molar-refractivity contribution in [3.63, 3.8) is 0 Å². The van der Waals surface area contributed by atoms with E-state index in [0.717, 1.165) is 28.6 Å². The molecule has 3 N–H and O–H groups in total. The molecule has 1 heterocycles. The zero-order chi connectivity index (χ0) is 22.9. The summed E-state index contributed by atoms with van der Waals surface area (Å²) in [7, 11) is 1.58. The number of carboxylic acid groups (broad SMARTS) is 1. The van der Waals surface area contributed by atoms with Crippen LogP contribution in [0.4, 0.5) is 0 Å². The van der Waals surface area contributed by atoms with E-state index in [9.17, 15) is 19.5 Å². The average molecular weight is 455 g/mol. The van der Waals surface area contributed by atoms with Gasteiger partial charge in [-0.15, -0.1) is 5.10 Å². The monoisotopic (exact) mass is 454 g/mol. The van der Waals surface area contributed by atoms with Crippen LogP contribution in [-0.4, -0.2) is 52.7 Å². The molecule has 9 nitrogen and oxygen atoms in total. The van der Waals surface area contributed by atoms with Crippen molar-refractivity contribution in [3.8, 4) is 5.75 Å². The Labute approximate surface area is 189 Å². The first-order valence-corrected chi connectivity index (χ1v) is 10.6. The molecule has 2 amide bonds. The van der Waals surface area contributed by atoms with Crippen LogP contribution in [0.3, 0.4) is 0 Å². The van der Waals surface area contributed by atoms with E-state index < -0.39 is 23.2 Å². The molecule has 0 radical (unpaired) electrons. The minimum Gasteiger partial charge on any atom is -0.497 e. The van der Waals surface area contributed by atoms with E-state index in [1.807, 2.05) is 18.2 Å². The molecule has 32 heavy (non-hydrogen) atoms. The molecule has 0 unspecified atom stereocenters. The second kappa shape index (κ2) is 11.1. The lowest BCUT2D eigenvalue weighted by molar-refractivity contribution is -0.141. The van der Waals surface area contributed by atoms with Crippen LogP contribution in [0.25, 0.3) is 0 Å². The maximum absolute atomic E-state index is 12.4. The van der Waals surface area contributed by atoms with Crippen LogP contribution in [-0.2, 0) is 20.8 Å². The van der Waals surface area contributed by atoms with Gasteiger partial charge in [0.1, 0.15) is 17.0 Å². The molecule has 166 valence electrons. The smallest absolute Gasteiger partial charge is 0.326 e. The molecule has 1 saturated heterocycles. The van der Waals surface area contributed by atoms with Crippen molar-refractivity contribution in [1.29, 1.82) is 0 Å². The van der Waals surface area contributed by atoms with Crippen LogP contribution >= 0.6 is 11.8 Å². The van der Waals surface area contributed by atoms with E-state index in [0.29, 0.717) is 0 Å². The van der Waals surface area contributed by atoms with Gasteiger partial charge in [0.05, 0.1) is 13.3 Å². The second-order valence-corrected chi connectivity index (χ2v) is 8.06.